The maximum Gasteiger partial charge on any atom is 0.132 e. The van der Waals surface area contributed by atoms with Crippen LogP contribution in [0.3, 0.4) is 0 Å². The molecule has 1 aliphatic carbocycles. The molecule has 1 aromatic heterocycles. The van der Waals surface area contributed by atoms with Gasteiger partial charge in [-0.3, -0.25) is 0 Å². The average Bonchev–Trinajstić information content (AvgIpc) is 3.21. The van der Waals surface area contributed by atoms with E-state index in [9.17, 15) is 0 Å². The number of piperidine rings is 1. The molecular weight excluding hydrogens is 224 g/mol. The molecule has 2 heterocycles. The molecule has 1 aromatic rings. The first-order valence-electron chi connectivity index (χ1n) is 7.08. The summed E-state index contributed by atoms with van der Waals surface area (Å²) in [7, 11) is 0. The van der Waals surface area contributed by atoms with Crippen LogP contribution in [0.2, 0.25) is 0 Å². The van der Waals surface area contributed by atoms with Crippen molar-refractivity contribution >= 4 is 5.82 Å². The molecule has 3 rings (SSSR count). The normalized spacial score (nSPS) is 21.3. The fourth-order valence-electron chi connectivity index (χ4n) is 2.60. The molecule has 0 amide bonds. The molecule has 1 saturated carbocycles. The summed E-state index contributed by atoms with van der Waals surface area (Å²) >= 11 is 0. The lowest BCUT2D eigenvalue weighted by Crippen LogP contribution is -2.38. The van der Waals surface area contributed by atoms with Crippen LogP contribution in [0.1, 0.15) is 31.4 Å². The van der Waals surface area contributed by atoms with Crippen LogP contribution in [0.15, 0.2) is 12.4 Å². The number of nitrogens with one attached hydrogen (secondary N) is 1. The number of nitrogens with zero attached hydrogens (tertiary/aromatic N) is 3. The Morgan fingerprint density at radius 3 is 2.67 bits per heavy atom. The Hall–Kier alpha value is -1.16. The van der Waals surface area contributed by atoms with Gasteiger partial charge in [-0.25, -0.2) is 9.97 Å². The second-order valence-corrected chi connectivity index (χ2v) is 5.63. The van der Waals surface area contributed by atoms with Crippen LogP contribution in [0.5, 0.6) is 0 Å². The lowest BCUT2D eigenvalue weighted by Gasteiger charge is -2.33. The number of hydrogen-bond acceptors (Lipinski definition) is 4. The minimum Gasteiger partial charge on any atom is -0.356 e. The van der Waals surface area contributed by atoms with Gasteiger partial charge >= 0.3 is 0 Å². The van der Waals surface area contributed by atoms with Gasteiger partial charge in [-0.2, -0.15) is 0 Å². The van der Waals surface area contributed by atoms with Crippen molar-refractivity contribution in [1.82, 2.24) is 15.3 Å². The molecule has 4 heteroatoms. The largest absolute Gasteiger partial charge is 0.356 e. The molecule has 0 atom stereocenters. The Kier molecular flexibility index (Phi) is 3.46. The summed E-state index contributed by atoms with van der Waals surface area (Å²) in [6, 6.07) is 2.93. The van der Waals surface area contributed by atoms with E-state index in [1.165, 1.54) is 32.2 Å². The summed E-state index contributed by atoms with van der Waals surface area (Å²) < 4.78 is 0. The first-order valence-corrected chi connectivity index (χ1v) is 7.08. The Morgan fingerprint density at radius 2 is 2.00 bits per heavy atom. The molecule has 1 aliphatic heterocycles. The molecule has 0 spiro atoms. The summed E-state index contributed by atoms with van der Waals surface area (Å²) in [5.74, 6) is 1.95. The van der Waals surface area contributed by atoms with E-state index in [4.69, 9.17) is 0 Å². The number of anilines is 1. The quantitative estimate of drug-likeness (QED) is 0.879. The fraction of sp³-hybridized carbons (Fsp3) is 0.714. The molecule has 0 bridgehead atoms. The van der Waals surface area contributed by atoms with Gasteiger partial charge in [-0.05, 0) is 45.1 Å². The third kappa shape index (κ3) is 2.99. The minimum absolute atomic E-state index is 0.840. The maximum atomic E-state index is 4.37. The first-order chi connectivity index (χ1) is 8.81. The van der Waals surface area contributed by atoms with E-state index in [-0.39, 0.29) is 0 Å². The first kappa shape index (κ1) is 11.9. The van der Waals surface area contributed by atoms with Crippen LogP contribution < -0.4 is 10.2 Å². The SMILES string of the molecule is Cc1cc(N2CCC(CNC3CC3)CC2)ncn1. The molecule has 18 heavy (non-hydrogen) atoms. The molecule has 0 radical (unpaired) electrons. The standard InChI is InChI=1S/C14H22N4/c1-11-8-14(17-10-16-11)18-6-4-12(5-7-18)9-15-13-2-3-13/h8,10,12-13,15H,2-7,9H2,1H3. The van der Waals surface area contributed by atoms with Gasteiger partial charge in [0.05, 0.1) is 0 Å². The Bertz CT molecular complexity index is 395. The maximum absolute atomic E-state index is 4.37. The highest BCUT2D eigenvalue weighted by Crippen LogP contribution is 2.23. The predicted molar refractivity (Wildman–Crippen MR) is 72.7 cm³/mol. The van der Waals surface area contributed by atoms with Crippen molar-refractivity contribution < 1.29 is 0 Å². The highest BCUT2D eigenvalue weighted by Gasteiger charge is 2.24. The van der Waals surface area contributed by atoms with Gasteiger partial charge in [-0.15, -0.1) is 0 Å². The highest BCUT2D eigenvalue weighted by atomic mass is 15.2. The summed E-state index contributed by atoms with van der Waals surface area (Å²) in [6.07, 6.45) is 7.01. The van der Waals surface area contributed by atoms with Crippen molar-refractivity contribution in [3.05, 3.63) is 18.1 Å². The zero-order valence-electron chi connectivity index (χ0n) is 11.1. The zero-order chi connectivity index (χ0) is 12.4. The van der Waals surface area contributed by atoms with E-state index in [2.05, 4.69) is 26.3 Å². The van der Waals surface area contributed by atoms with E-state index in [0.29, 0.717) is 0 Å². The van der Waals surface area contributed by atoms with E-state index >= 15 is 0 Å². The second kappa shape index (κ2) is 5.22. The average molecular weight is 246 g/mol. The van der Waals surface area contributed by atoms with E-state index in [1.54, 1.807) is 6.33 Å². The van der Waals surface area contributed by atoms with Gasteiger partial charge in [-0.1, -0.05) is 0 Å². The monoisotopic (exact) mass is 246 g/mol. The van der Waals surface area contributed by atoms with Crippen LogP contribution in [0.25, 0.3) is 0 Å². The molecule has 2 fully saturated rings. The number of rotatable bonds is 4. The van der Waals surface area contributed by atoms with Crippen molar-refractivity contribution in [1.29, 1.82) is 0 Å². The van der Waals surface area contributed by atoms with E-state index < -0.39 is 0 Å². The molecular formula is C14H22N4. The van der Waals surface area contributed by atoms with Crippen molar-refractivity contribution in [2.24, 2.45) is 5.92 Å². The Labute approximate surface area is 109 Å². The van der Waals surface area contributed by atoms with Crippen LogP contribution in [-0.2, 0) is 0 Å². The van der Waals surface area contributed by atoms with Crippen LogP contribution >= 0.6 is 0 Å². The van der Waals surface area contributed by atoms with E-state index in [1.807, 2.05) is 6.92 Å². The van der Waals surface area contributed by atoms with Gasteiger partial charge in [0.2, 0.25) is 0 Å². The molecule has 1 N–H and O–H groups in total. The molecule has 0 aromatic carbocycles. The Balaban J connectivity index is 1.49. The van der Waals surface area contributed by atoms with E-state index in [0.717, 1.165) is 36.6 Å². The van der Waals surface area contributed by atoms with Crippen LogP contribution in [-0.4, -0.2) is 35.6 Å². The smallest absolute Gasteiger partial charge is 0.132 e. The third-order valence-electron chi connectivity index (χ3n) is 4.00. The number of aryl methyl sites for hydroxylation is 1. The molecule has 2 aliphatic rings. The van der Waals surface area contributed by atoms with Crippen molar-refractivity contribution in [3.63, 3.8) is 0 Å². The molecule has 4 nitrogen and oxygen atoms in total. The Morgan fingerprint density at radius 1 is 1.22 bits per heavy atom. The van der Waals surface area contributed by atoms with Gasteiger partial charge < -0.3 is 10.2 Å². The third-order valence-corrected chi connectivity index (χ3v) is 4.00. The van der Waals surface area contributed by atoms with Gasteiger partial charge in [0, 0.05) is 30.9 Å². The minimum atomic E-state index is 0.840. The fourth-order valence-corrected chi connectivity index (χ4v) is 2.60. The van der Waals surface area contributed by atoms with Crippen molar-refractivity contribution in [2.45, 2.75) is 38.6 Å². The summed E-state index contributed by atoms with van der Waals surface area (Å²) in [5, 5.41) is 3.65. The van der Waals surface area contributed by atoms with Gasteiger partial charge in [0.1, 0.15) is 12.1 Å². The number of hydrogen-bond donors (Lipinski definition) is 1. The lowest BCUT2D eigenvalue weighted by molar-refractivity contribution is 0.381. The lowest BCUT2D eigenvalue weighted by atomic mass is 9.97. The van der Waals surface area contributed by atoms with Gasteiger partial charge in [0.25, 0.3) is 0 Å². The predicted octanol–water partition coefficient (Wildman–Crippen LogP) is 1.75. The van der Waals surface area contributed by atoms with Crippen LogP contribution in [0, 0.1) is 12.8 Å². The van der Waals surface area contributed by atoms with Crippen molar-refractivity contribution in [2.75, 3.05) is 24.5 Å². The molecule has 1 saturated heterocycles. The van der Waals surface area contributed by atoms with Crippen LogP contribution in [0.4, 0.5) is 5.82 Å². The van der Waals surface area contributed by atoms with Gasteiger partial charge in [0.15, 0.2) is 0 Å². The zero-order valence-corrected chi connectivity index (χ0v) is 11.1. The molecule has 98 valence electrons. The molecule has 0 unspecified atom stereocenters. The topological polar surface area (TPSA) is 41.0 Å². The summed E-state index contributed by atoms with van der Waals surface area (Å²) in [4.78, 5) is 10.9. The summed E-state index contributed by atoms with van der Waals surface area (Å²) in [6.45, 7) is 5.50. The second-order valence-electron chi connectivity index (χ2n) is 5.63. The van der Waals surface area contributed by atoms with Crippen molar-refractivity contribution in [3.8, 4) is 0 Å². The summed E-state index contributed by atoms with van der Waals surface area (Å²) in [5.41, 5.74) is 1.05. The highest BCUT2D eigenvalue weighted by molar-refractivity contribution is 5.38. The number of aromatic nitrogens is 2.